The van der Waals surface area contributed by atoms with E-state index in [0.717, 1.165) is 16.3 Å². The maximum atomic E-state index is 13.9. The Labute approximate surface area is 203 Å². The Morgan fingerprint density at radius 2 is 1.81 bits per heavy atom. The number of aromatic nitrogens is 3. The lowest BCUT2D eigenvalue weighted by atomic mass is 10.0. The van der Waals surface area contributed by atoms with Crippen molar-refractivity contribution in [2.45, 2.75) is 26.6 Å². The Balaban J connectivity index is 1.76. The summed E-state index contributed by atoms with van der Waals surface area (Å²) in [5.41, 5.74) is 5.56. The lowest BCUT2D eigenvalue weighted by Crippen LogP contribution is -2.19. The van der Waals surface area contributed by atoms with Crippen molar-refractivity contribution in [1.82, 2.24) is 14.8 Å². The van der Waals surface area contributed by atoms with E-state index in [1.165, 1.54) is 6.92 Å². The summed E-state index contributed by atoms with van der Waals surface area (Å²) in [6.07, 6.45) is -4.85. The van der Waals surface area contributed by atoms with E-state index >= 15 is 0 Å². The number of hydrogen-bond acceptors (Lipinski definition) is 5. The zero-order chi connectivity index (χ0) is 26.2. The number of nitrogens with two attached hydrogens (primary N) is 1. The van der Waals surface area contributed by atoms with Crippen LogP contribution in [0.5, 0.6) is 0 Å². The fourth-order valence-corrected chi connectivity index (χ4v) is 3.74. The molecule has 4 rings (SSSR count). The molecule has 0 saturated heterocycles. The molecule has 0 atom stereocenters. The fraction of sp³-hybridized carbons (Fsp3) is 0.160. The summed E-state index contributed by atoms with van der Waals surface area (Å²) < 4.78 is 42.7. The highest BCUT2D eigenvalue weighted by atomic mass is 19.4. The Bertz CT molecular complexity index is 1550. The number of nitriles is 1. The number of halogens is 3. The predicted octanol–water partition coefficient (Wildman–Crippen LogP) is 4.34. The summed E-state index contributed by atoms with van der Waals surface area (Å²) >= 11 is 0. The van der Waals surface area contributed by atoms with Gasteiger partial charge in [-0.15, -0.1) is 0 Å². The minimum Gasteiger partial charge on any atom is -0.364 e. The second-order valence-electron chi connectivity index (χ2n) is 8.17. The van der Waals surface area contributed by atoms with Crippen molar-refractivity contribution in [3.05, 3.63) is 87.9 Å². The molecule has 0 aliphatic heterocycles. The van der Waals surface area contributed by atoms with Crippen LogP contribution in [0.15, 0.2) is 48.5 Å². The summed E-state index contributed by atoms with van der Waals surface area (Å²) in [7, 11) is 0. The van der Waals surface area contributed by atoms with Crippen LogP contribution in [0.4, 0.5) is 18.9 Å². The number of carbonyl (C=O) groups excluding carboxylic acids is 2. The molecule has 0 bridgehead atoms. The molecule has 11 heteroatoms. The highest BCUT2D eigenvalue weighted by Gasteiger charge is 2.39. The number of anilines is 1. The minimum absolute atomic E-state index is 0.0141. The van der Waals surface area contributed by atoms with Gasteiger partial charge >= 0.3 is 6.18 Å². The standard InChI is InChI=1S/C25H19F3N6O2/c1-13-3-8-17-18(10-20(23(30)35)31-19(17)9-13)24(36)32-21-14(2)34(33-22(21)25(26,27)28)12-16-6-4-15(11-29)5-7-16/h3-10H,12H2,1-2H3,(H2,30,35)(H,32,36). The average molecular weight is 492 g/mol. The van der Waals surface area contributed by atoms with Crippen molar-refractivity contribution < 1.29 is 22.8 Å². The van der Waals surface area contributed by atoms with Crippen LogP contribution in [0.3, 0.4) is 0 Å². The lowest BCUT2D eigenvalue weighted by Gasteiger charge is -2.12. The second-order valence-corrected chi connectivity index (χ2v) is 8.17. The van der Waals surface area contributed by atoms with Gasteiger partial charge in [-0.3, -0.25) is 14.3 Å². The van der Waals surface area contributed by atoms with E-state index in [2.05, 4.69) is 15.4 Å². The highest BCUT2D eigenvalue weighted by molar-refractivity contribution is 6.14. The van der Waals surface area contributed by atoms with E-state index in [-0.39, 0.29) is 23.5 Å². The Kier molecular flexibility index (Phi) is 6.20. The normalized spacial score (nSPS) is 11.3. The lowest BCUT2D eigenvalue weighted by molar-refractivity contribution is -0.140. The number of fused-ring (bicyclic) bond motifs is 1. The molecule has 2 heterocycles. The molecule has 0 radical (unpaired) electrons. The average Bonchev–Trinajstić information content (AvgIpc) is 3.13. The maximum absolute atomic E-state index is 13.9. The Morgan fingerprint density at radius 3 is 2.42 bits per heavy atom. The molecular weight excluding hydrogens is 473 g/mol. The summed E-state index contributed by atoms with van der Waals surface area (Å²) in [5.74, 6) is -1.75. The Hall–Kier alpha value is -4.72. The summed E-state index contributed by atoms with van der Waals surface area (Å²) in [4.78, 5) is 29.2. The molecule has 2 aromatic carbocycles. The van der Waals surface area contributed by atoms with E-state index in [4.69, 9.17) is 11.0 Å². The Morgan fingerprint density at radius 1 is 1.11 bits per heavy atom. The molecule has 4 aromatic rings. The molecule has 8 nitrogen and oxygen atoms in total. The molecule has 0 aliphatic carbocycles. The predicted molar refractivity (Wildman–Crippen MR) is 125 cm³/mol. The molecule has 36 heavy (non-hydrogen) atoms. The van der Waals surface area contributed by atoms with Crippen LogP contribution in [-0.4, -0.2) is 26.6 Å². The van der Waals surface area contributed by atoms with Gasteiger partial charge in [0.05, 0.1) is 40.6 Å². The van der Waals surface area contributed by atoms with Crippen LogP contribution in [0.1, 0.15) is 48.9 Å². The van der Waals surface area contributed by atoms with Gasteiger partial charge in [0.15, 0.2) is 5.69 Å². The van der Waals surface area contributed by atoms with E-state index in [9.17, 15) is 22.8 Å². The molecule has 0 saturated carbocycles. The first-order chi connectivity index (χ1) is 17.0. The number of benzene rings is 2. The smallest absolute Gasteiger partial charge is 0.364 e. The molecule has 182 valence electrons. The van der Waals surface area contributed by atoms with Gasteiger partial charge in [-0.25, -0.2) is 4.98 Å². The first-order valence-electron chi connectivity index (χ1n) is 10.6. The van der Waals surface area contributed by atoms with Crippen LogP contribution in [0.2, 0.25) is 0 Å². The third-order valence-corrected chi connectivity index (χ3v) is 5.59. The van der Waals surface area contributed by atoms with Crippen molar-refractivity contribution in [3.8, 4) is 6.07 Å². The molecule has 0 unspecified atom stereocenters. The summed E-state index contributed by atoms with van der Waals surface area (Å²) in [6.45, 7) is 3.18. The first kappa shape index (κ1) is 24.4. The molecule has 0 spiro atoms. The third kappa shape index (κ3) is 4.74. The van der Waals surface area contributed by atoms with Gasteiger partial charge in [0.2, 0.25) is 0 Å². The molecule has 2 aromatic heterocycles. The third-order valence-electron chi connectivity index (χ3n) is 5.59. The number of amides is 2. The van der Waals surface area contributed by atoms with Crippen molar-refractivity contribution in [1.29, 1.82) is 5.26 Å². The van der Waals surface area contributed by atoms with Crippen molar-refractivity contribution in [3.63, 3.8) is 0 Å². The number of nitrogens with one attached hydrogen (secondary N) is 1. The van der Waals surface area contributed by atoms with Crippen molar-refractivity contribution >= 4 is 28.4 Å². The van der Waals surface area contributed by atoms with Gasteiger partial charge in [-0.05, 0) is 49.2 Å². The van der Waals surface area contributed by atoms with Crippen molar-refractivity contribution in [2.24, 2.45) is 5.73 Å². The van der Waals surface area contributed by atoms with Crippen LogP contribution in [0.25, 0.3) is 10.9 Å². The number of alkyl halides is 3. The van der Waals surface area contributed by atoms with Gasteiger partial charge in [-0.2, -0.15) is 23.5 Å². The number of primary amides is 1. The summed E-state index contributed by atoms with van der Waals surface area (Å²) in [5, 5.41) is 15.3. The maximum Gasteiger partial charge on any atom is 0.437 e. The molecule has 0 fully saturated rings. The SMILES string of the molecule is Cc1ccc2c(C(=O)Nc3c(C(F)(F)F)nn(Cc4ccc(C#N)cc4)c3C)cc(C(N)=O)nc2c1. The first-order valence-corrected chi connectivity index (χ1v) is 10.6. The molecule has 2 amide bonds. The zero-order valence-electron chi connectivity index (χ0n) is 19.1. The van der Waals surface area contributed by atoms with Gasteiger partial charge in [0, 0.05) is 5.39 Å². The van der Waals surface area contributed by atoms with Gasteiger partial charge < -0.3 is 11.1 Å². The van der Waals surface area contributed by atoms with Gasteiger partial charge in [0.1, 0.15) is 5.69 Å². The number of rotatable bonds is 5. The summed E-state index contributed by atoms with van der Waals surface area (Å²) in [6, 6.07) is 14.4. The monoisotopic (exact) mass is 492 g/mol. The van der Waals surface area contributed by atoms with Crippen LogP contribution in [-0.2, 0) is 12.7 Å². The van der Waals surface area contributed by atoms with E-state index in [1.807, 2.05) is 6.07 Å². The van der Waals surface area contributed by atoms with Gasteiger partial charge in [0.25, 0.3) is 11.8 Å². The van der Waals surface area contributed by atoms with E-state index in [0.29, 0.717) is 22.0 Å². The minimum atomic E-state index is -4.85. The topological polar surface area (TPSA) is 127 Å². The molecule has 0 aliphatic rings. The molecular formula is C25H19F3N6O2. The fourth-order valence-electron chi connectivity index (χ4n) is 3.74. The van der Waals surface area contributed by atoms with Crippen LogP contribution in [0, 0.1) is 25.2 Å². The highest BCUT2D eigenvalue weighted by Crippen LogP contribution is 2.36. The van der Waals surface area contributed by atoms with E-state index in [1.54, 1.807) is 49.4 Å². The zero-order valence-corrected chi connectivity index (χ0v) is 19.1. The number of carbonyl (C=O) groups is 2. The quantitative estimate of drug-likeness (QED) is 0.429. The van der Waals surface area contributed by atoms with Crippen molar-refractivity contribution in [2.75, 3.05) is 5.32 Å². The van der Waals surface area contributed by atoms with Crippen LogP contribution >= 0.6 is 0 Å². The largest absolute Gasteiger partial charge is 0.437 e. The molecule has 3 N–H and O–H groups in total. The number of nitrogens with zero attached hydrogens (tertiary/aromatic N) is 4. The number of aryl methyl sites for hydroxylation is 1. The second kappa shape index (κ2) is 9.14. The van der Waals surface area contributed by atoms with E-state index < -0.39 is 29.4 Å². The number of hydrogen-bond donors (Lipinski definition) is 2. The number of pyridine rings is 1. The van der Waals surface area contributed by atoms with Gasteiger partial charge in [-0.1, -0.05) is 24.3 Å². The van der Waals surface area contributed by atoms with Crippen LogP contribution < -0.4 is 11.1 Å².